The number of carbonyl (C=O) groups excluding carboxylic acids is 1. The van der Waals surface area contributed by atoms with Crippen LogP contribution in [0.15, 0.2) is 22.6 Å². The number of nitrogens with two attached hydrogens (primary N) is 1. The molecule has 5 rings (SSSR count). The molecule has 2 bridgehead atoms. The van der Waals surface area contributed by atoms with Crippen molar-refractivity contribution in [1.82, 2.24) is 4.98 Å². The van der Waals surface area contributed by atoms with Crippen molar-refractivity contribution < 1.29 is 9.21 Å². The van der Waals surface area contributed by atoms with Gasteiger partial charge in [0.25, 0.3) is 0 Å². The molecule has 24 heavy (non-hydrogen) atoms. The highest BCUT2D eigenvalue weighted by Crippen LogP contribution is 2.48. The van der Waals surface area contributed by atoms with Gasteiger partial charge in [-0.25, -0.2) is 4.98 Å². The van der Waals surface area contributed by atoms with Gasteiger partial charge in [-0.15, -0.1) is 12.4 Å². The molecule has 4 atom stereocenters. The zero-order valence-electron chi connectivity index (χ0n) is 13.4. The molecule has 3 fully saturated rings. The Kier molecular flexibility index (Phi) is 3.81. The Labute approximate surface area is 146 Å². The fourth-order valence-corrected chi connectivity index (χ4v) is 4.48. The molecule has 6 heteroatoms. The number of halogens is 1. The fourth-order valence-electron chi connectivity index (χ4n) is 4.48. The van der Waals surface area contributed by atoms with Gasteiger partial charge >= 0.3 is 0 Å². The molecule has 5 nitrogen and oxygen atoms in total. The molecular formula is C18H22ClN3O2. The van der Waals surface area contributed by atoms with Crippen LogP contribution < -0.4 is 11.1 Å². The van der Waals surface area contributed by atoms with Crippen molar-refractivity contribution in [2.45, 2.75) is 44.1 Å². The molecule has 1 heterocycles. The first kappa shape index (κ1) is 15.9. The van der Waals surface area contributed by atoms with Crippen LogP contribution in [-0.2, 0) is 4.79 Å². The third-order valence-electron chi connectivity index (χ3n) is 5.88. The summed E-state index contributed by atoms with van der Waals surface area (Å²) in [4.78, 5) is 17.2. The van der Waals surface area contributed by atoms with Crippen molar-refractivity contribution in [2.75, 3.05) is 5.32 Å². The van der Waals surface area contributed by atoms with Gasteiger partial charge in [0.2, 0.25) is 5.91 Å². The summed E-state index contributed by atoms with van der Waals surface area (Å²) < 4.78 is 5.77. The highest BCUT2D eigenvalue weighted by Gasteiger charge is 2.49. The Morgan fingerprint density at radius 2 is 2.00 bits per heavy atom. The summed E-state index contributed by atoms with van der Waals surface area (Å²) in [6.45, 7) is 0. The Balaban J connectivity index is 0.00000146. The lowest BCUT2D eigenvalue weighted by molar-refractivity contribution is -0.121. The van der Waals surface area contributed by atoms with Crippen LogP contribution in [0.5, 0.6) is 0 Å². The Hall–Kier alpha value is -1.59. The average Bonchev–Trinajstić information content (AvgIpc) is 3.01. The number of amides is 1. The molecule has 2 aromatic rings. The molecule has 0 spiro atoms. The van der Waals surface area contributed by atoms with Crippen LogP contribution in [-0.4, -0.2) is 16.9 Å². The van der Waals surface area contributed by atoms with E-state index >= 15 is 0 Å². The van der Waals surface area contributed by atoms with Gasteiger partial charge in [-0.3, -0.25) is 4.79 Å². The van der Waals surface area contributed by atoms with Crippen molar-refractivity contribution in [3.63, 3.8) is 0 Å². The van der Waals surface area contributed by atoms with E-state index in [1.165, 1.54) is 19.3 Å². The van der Waals surface area contributed by atoms with E-state index in [0.29, 0.717) is 17.8 Å². The summed E-state index contributed by atoms with van der Waals surface area (Å²) in [5.41, 5.74) is 8.66. The Morgan fingerprint density at radius 3 is 2.71 bits per heavy atom. The molecule has 128 valence electrons. The number of hydrogen-bond donors (Lipinski definition) is 2. The second-order valence-electron chi connectivity index (χ2n) is 7.43. The highest BCUT2D eigenvalue weighted by atomic mass is 35.5. The SMILES string of the molecule is Cl.NC1C2CCC(C2)C1C(=O)Nc1ccc2oc(C3CC3)nc2c1. The maximum atomic E-state index is 12.6. The molecule has 1 aromatic heterocycles. The van der Waals surface area contributed by atoms with Gasteiger partial charge in [0, 0.05) is 17.6 Å². The highest BCUT2D eigenvalue weighted by molar-refractivity contribution is 5.95. The van der Waals surface area contributed by atoms with Gasteiger partial charge in [-0.2, -0.15) is 0 Å². The summed E-state index contributed by atoms with van der Waals surface area (Å²) in [5, 5.41) is 3.04. The molecule has 1 amide bonds. The fraction of sp³-hybridized carbons (Fsp3) is 0.556. The molecular weight excluding hydrogens is 326 g/mol. The molecule has 0 saturated heterocycles. The number of carbonyl (C=O) groups is 1. The minimum Gasteiger partial charge on any atom is -0.440 e. The maximum Gasteiger partial charge on any atom is 0.229 e. The lowest BCUT2D eigenvalue weighted by Crippen LogP contribution is -2.42. The second kappa shape index (κ2) is 5.74. The van der Waals surface area contributed by atoms with Crippen LogP contribution in [0.25, 0.3) is 11.1 Å². The topological polar surface area (TPSA) is 81.2 Å². The lowest BCUT2D eigenvalue weighted by Gasteiger charge is -2.26. The first-order valence-electron chi connectivity index (χ1n) is 8.66. The molecule has 3 N–H and O–H groups in total. The third kappa shape index (κ3) is 2.50. The largest absolute Gasteiger partial charge is 0.440 e. The smallest absolute Gasteiger partial charge is 0.229 e. The molecule has 3 aliphatic rings. The lowest BCUT2D eigenvalue weighted by atomic mass is 9.84. The van der Waals surface area contributed by atoms with E-state index in [2.05, 4.69) is 10.3 Å². The first-order chi connectivity index (χ1) is 11.2. The number of aromatic nitrogens is 1. The second-order valence-corrected chi connectivity index (χ2v) is 7.43. The predicted octanol–water partition coefficient (Wildman–Crippen LogP) is 3.44. The summed E-state index contributed by atoms with van der Waals surface area (Å²) in [7, 11) is 0. The minimum atomic E-state index is -0.0382. The maximum absolute atomic E-state index is 12.6. The van der Waals surface area contributed by atoms with Crippen molar-refractivity contribution in [3.05, 3.63) is 24.1 Å². The van der Waals surface area contributed by atoms with Gasteiger partial charge in [-0.05, 0) is 62.1 Å². The van der Waals surface area contributed by atoms with E-state index in [1.54, 1.807) is 0 Å². The van der Waals surface area contributed by atoms with E-state index in [9.17, 15) is 4.79 Å². The molecule has 0 radical (unpaired) electrons. The van der Waals surface area contributed by atoms with Crippen molar-refractivity contribution >= 4 is 35.1 Å². The van der Waals surface area contributed by atoms with Gasteiger partial charge in [-0.1, -0.05) is 0 Å². The number of nitrogens with one attached hydrogen (secondary N) is 1. The molecule has 3 aliphatic carbocycles. The number of fused-ring (bicyclic) bond motifs is 3. The number of hydrogen-bond acceptors (Lipinski definition) is 4. The quantitative estimate of drug-likeness (QED) is 0.891. The van der Waals surface area contributed by atoms with E-state index < -0.39 is 0 Å². The minimum absolute atomic E-state index is 0. The standard InChI is InChI=1S/C18H21N3O2.ClH/c19-16-11-4-3-10(7-11)15(16)17(22)20-12-5-6-14-13(8-12)21-18(23-14)9-1-2-9;/h5-6,8-11,15-16H,1-4,7,19H2,(H,20,22);1H. The molecule has 4 unspecified atom stereocenters. The number of benzene rings is 1. The van der Waals surface area contributed by atoms with Crippen LogP contribution in [0.1, 0.15) is 43.9 Å². The Morgan fingerprint density at radius 1 is 1.21 bits per heavy atom. The van der Waals surface area contributed by atoms with E-state index in [4.69, 9.17) is 10.2 Å². The number of rotatable bonds is 3. The van der Waals surface area contributed by atoms with Crippen LogP contribution in [0, 0.1) is 17.8 Å². The van der Waals surface area contributed by atoms with Crippen molar-refractivity contribution in [3.8, 4) is 0 Å². The van der Waals surface area contributed by atoms with E-state index in [1.807, 2.05) is 18.2 Å². The summed E-state index contributed by atoms with van der Waals surface area (Å²) >= 11 is 0. The van der Waals surface area contributed by atoms with Gasteiger partial charge in [0.1, 0.15) is 5.52 Å². The summed E-state index contributed by atoms with van der Waals surface area (Å²) in [5.74, 6) is 2.35. The number of anilines is 1. The first-order valence-corrected chi connectivity index (χ1v) is 8.66. The molecule has 3 saturated carbocycles. The Bertz CT molecular complexity index is 784. The van der Waals surface area contributed by atoms with Gasteiger partial charge in [0.05, 0.1) is 5.92 Å². The zero-order valence-corrected chi connectivity index (χ0v) is 14.2. The average molecular weight is 348 g/mol. The normalized spacial score (nSPS) is 31.2. The predicted molar refractivity (Wildman–Crippen MR) is 94.2 cm³/mol. The van der Waals surface area contributed by atoms with E-state index in [-0.39, 0.29) is 30.3 Å². The molecule has 0 aliphatic heterocycles. The van der Waals surface area contributed by atoms with Crippen molar-refractivity contribution in [1.29, 1.82) is 0 Å². The van der Waals surface area contributed by atoms with Gasteiger partial charge < -0.3 is 15.5 Å². The van der Waals surface area contributed by atoms with Crippen LogP contribution in [0.2, 0.25) is 0 Å². The van der Waals surface area contributed by atoms with Crippen LogP contribution in [0.3, 0.4) is 0 Å². The molecule has 1 aromatic carbocycles. The van der Waals surface area contributed by atoms with Crippen LogP contribution >= 0.6 is 12.4 Å². The third-order valence-corrected chi connectivity index (χ3v) is 5.88. The van der Waals surface area contributed by atoms with Crippen molar-refractivity contribution in [2.24, 2.45) is 23.5 Å². The summed E-state index contributed by atoms with van der Waals surface area (Å²) in [6.07, 6.45) is 5.78. The monoisotopic (exact) mass is 347 g/mol. The number of nitrogens with zero attached hydrogens (tertiary/aromatic N) is 1. The number of oxazole rings is 1. The van der Waals surface area contributed by atoms with Gasteiger partial charge in [0.15, 0.2) is 11.5 Å². The van der Waals surface area contributed by atoms with E-state index in [0.717, 1.165) is 35.5 Å². The zero-order chi connectivity index (χ0) is 15.6. The van der Waals surface area contributed by atoms with Crippen LogP contribution in [0.4, 0.5) is 5.69 Å². The summed E-state index contributed by atoms with van der Waals surface area (Å²) in [6, 6.07) is 5.71.